The Balaban J connectivity index is 1.54. The van der Waals surface area contributed by atoms with Crippen LogP contribution < -0.4 is 15.4 Å². The number of imide groups is 1. The highest BCUT2D eigenvalue weighted by Gasteiger charge is 2.49. The number of carbonyl (C=O) groups excluding carboxylic acids is 3. The fourth-order valence-corrected chi connectivity index (χ4v) is 3.30. The molecule has 2 aromatic rings. The number of nitrogens with zero attached hydrogens (tertiary/aromatic N) is 2. The number of nitriles is 1. The van der Waals surface area contributed by atoms with Gasteiger partial charge in [-0.2, -0.15) is 14.0 Å². The van der Waals surface area contributed by atoms with E-state index in [2.05, 4.69) is 15.4 Å². The summed E-state index contributed by atoms with van der Waals surface area (Å²) in [4.78, 5) is 38.3. The van der Waals surface area contributed by atoms with E-state index in [1.54, 1.807) is 36.4 Å². The average molecular weight is 442 g/mol. The first-order chi connectivity index (χ1) is 15.2. The first-order valence-electron chi connectivity index (χ1n) is 9.68. The molecule has 2 N–H and O–H groups in total. The number of benzene rings is 2. The number of ether oxygens (including phenoxy) is 1. The lowest BCUT2D eigenvalue weighted by atomic mass is 9.91. The van der Waals surface area contributed by atoms with E-state index in [9.17, 15) is 23.2 Å². The molecule has 0 bridgehead atoms. The lowest BCUT2D eigenvalue weighted by Crippen LogP contribution is -2.43. The van der Waals surface area contributed by atoms with Crippen molar-refractivity contribution in [1.29, 1.82) is 5.26 Å². The highest BCUT2D eigenvalue weighted by Crippen LogP contribution is 2.28. The van der Waals surface area contributed by atoms with Gasteiger partial charge in [-0.25, -0.2) is 4.79 Å². The molecule has 2 aromatic carbocycles. The van der Waals surface area contributed by atoms with Crippen LogP contribution in [0.1, 0.15) is 23.6 Å². The lowest BCUT2D eigenvalue weighted by Gasteiger charge is -2.22. The summed E-state index contributed by atoms with van der Waals surface area (Å²) in [5, 5.41) is 14.1. The number of hydrogen-bond acceptors (Lipinski definition) is 5. The summed E-state index contributed by atoms with van der Waals surface area (Å²) in [7, 11) is 0. The Morgan fingerprint density at radius 1 is 1.19 bits per heavy atom. The van der Waals surface area contributed by atoms with Crippen LogP contribution in [0, 0.1) is 11.3 Å². The van der Waals surface area contributed by atoms with Gasteiger partial charge < -0.3 is 15.4 Å². The molecule has 3 rings (SSSR count). The zero-order valence-electron chi connectivity index (χ0n) is 17.1. The Morgan fingerprint density at radius 2 is 1.84 bits per heavy atom. The second-order valence-corrected chi connectivity index (χ2v) is 7.26. The van der Waals surface area contributed by atoms with E-state index in [-0.39, 0.29) is 12.3 Å². The van der Waals surface area contributed by atoms with Crippen LogP contribution in [0.15, 0.2) is 48.5 Å². The van der Waals surface area contributed by atoms with Gasteiger partial charge in [0, 0.05) is 6.54 Å². The summed E-state index contributed by atoms with van der Waals surface area (Å²) in [6.07, 6.45) is 0.420. The number of urea groups is 1. The number of amides is 4. The van der Waals surface area contributed by atoms with Crippen molar-refractivity contribution in [1.82, 2.24) is 15.5 Å². The molecule has 1 unspecified atom stereocenters. The van der Waals surface area contributed by atoms with Crippen LogP contribution in [0.3, 0.4) is 0 Å². The van der Waals surface area contributed by atoms with Gasteiger partial charge in [-0.1, -0.05) is 24.3 Å². The molecule has 166 valence electrons. The quantitative estimate of drug-likeness (QED) is 0.610. The molecule has 1 aliphatic rings. The minimum atomic E-state index is -2.90. The highest BCUT2D eigenvalue weighted by atomic mass is 19.3. The SMILES string of the molecule is CC1(c2ccc(C#N)cc2)NC(=O)N(CC(=O)NCCc2ccc(OC(F)F)cc2)C1=O. The fourth-order valence-electron chi connectivity index (χ4n) is 3.30. The Morgan fingerprint density at radius 3 is 2.44 bits per heavy atom. The minimum absolute atomic E-state index is 0.0386. The van der Waals surface area contributed by atoms with Crippen molar-refractivity contribution < 1.29 is 27.9 Å². The van der Waals surface area contributed by atoms with Crippen molar-refractivity contribution in [2.45, 2.75) is 25.5 Å². The number of carbonyl (C=O) groups is 3. The number of alkyl halides is 2. The molecule has 1 heterocycles. The molecular formula is C22H20F2N4O4. The van der Waals surface area contributed by atoms with Crippen LogP contribution >= 0.6 is 0 Å². The van der Waals surface area contributed by atoms with Crippen LogP contribution in [-0.2, 0) is 21.5 Å². The normalized spacial score (nSPS) is 17.8. The van der Waals surface area contributed by atoms with Crippen molar-refractivity contribution in [3.8, 4) is 11.8 Å². The topological polar surface area (TPSA) is 112 Å². The largest absolute Gasteiger partial charge is 0.435 e. The van der Waals surface area contributed by atoms with Gasteiger partial charge in [0.2, 0.25) is 5.91 Å². The van der Waals surface area contributed by atoms with Crippen molar-refractivity contribution in [3.05, 3.63) is 65.2 Å². The molecule has 0 aromatic heterocycles. The Hall–Kier alpha value is -4.00. The Bertz CT molecular complexity index is 1050. The predicted molar refractivity (Wildman–Crippen MR) is 109 cm³/mol. The second-order valence-electron chi connectivity index (χ2n) is 7.26. The lowest BCUT2D eigenvalue weighted by molar-refractivity contribution is -0.134. The zero-order valence-corrected chi connectivity index (χ0v) is 17.1. The molecule has 0 saturated carbocycles. The molecule has 0 radical (unpaired) electrons. The standard InChI is InChI=1S/C22H20F2N4O4/c1-22(16-6-2-15(12-25)3-7-16)19(30)28(21(31)27-22)13-18(29)26-11-10-14-4-8-17(9-5-14)32-20(23)24/h2-9,20H,10-11,13H2,1H3,(H,26,29)(H,27,31). The van der Waals surface area contributed by atoms with Crippen LogP contribution in [0.25, 0.3) is 0 Å². The molecule has 4 amide bonds. The summed E-state index contributed by atoms with van der Waals surface area (Å²) >= 11 is 0. The zero-order chi connectivity index (χ0) is 23.3. The van der Waals surface area contributed by atoms with Crippen molar-refractivity contribution in [2.24, 2.45) is 0 Å². The molecule has 0 spiro atoms. The number of hydrogen-bond donors (Lipinski definition) is 2. The van der Waals surface area contributed by atoms with E-state index in [0.717, 1.165) is 10.5 Å². The van der Waals surface area contributed by atoms with E-state index >= 15 is 0 Å². The van der Waals surface area contributed by atoms with Gasteiger partial charge in [0.1, 0.15) is 17.8 Å². The molecule has 1 atom stereocenters. The molecule has 10 heteroatoms. The Kier molecular flexibility index (Phi) is 6.68. The van der Waals surface area contributed by atoms with E-state index in [4.69, 9.17) is 5.26 Å². The smallest absolute Gasteiger partial charge is 0.387 e. The molecule has 8 nitrogen and oxygen atoms in total. The Labute approximate surface area is 182 Å². The monoisotopic (exact) mass is 442 g/mol. The maximum Gasteiger partial charge on any atom is 0.387 e. The summed E-state index contributed by atoms with van der Waals surface area (Å²) in [6, 6.07) is 13.6. The summed E-state index contributed by atoms with van der Waals surface area (Å²) in [5.41, 5.74) is 0.363. The second kappa shape index (κ2) is 9.43. The van der Waals surface area contributed by atoms with Gasteiger partial charge >= 0.3 is 12.6 Å². The van der Waals surface area contributed by atoms with Gasteiger partial charge in [0.05, 0.1) is 11.6 Å². The molecule has 1 aliphatic heterocycles. The fraction of sp³-hybridized carbons (Fsp3) is 0.273. The first-order valence-corrected chi connectivity index (χ1v) is 9.68. The van der Waals surface area contributed by atoms with E-state index in [1.807, 2.05) is 6.07 Å². The molecule has 1 saturated heterocycles. The van der Waals surface area contributed by atoms with Gasteiger partial charge in [-0.3, -0.25) is 14.5 Å². The first kappa shape index (κ1) is 22.7. The third kappa shape index (κ3) is 5.00. The molecular weight excluding hydrogens is 422 g/mol. The van der Waals surface area contributed by atoms with Crippen LogP contribution in [0.2, 0.25) is 0 Å². The number of rotatable bonds is 8. The van der Waals surface area contributed by atoms with Gasteiger partial charge in [-0.05, 0) is 48.7 Å². The van der Waals surface area contributed by atoms with Gasteiger partial charge in [0.15, 0.2) is 0 Å². The van der Waals surface area contributed by atoms with E-state index in [1.165, 1.54) is 19.1 Å². The maximum absolute atomic E-state index is 12.9. The van der Waals surface area contributed by atoms with Gasteiger partial charge in [-0.15, -0.1) is 0 Å². The van der Waals surface area contributed by atoms with Crippen LogP contribution in [0.4, 0.5) is 13.6 Å². The van der Waals surface area contributed by atoms with E-state index in [0.29, 0.717) is 17.5 Å². The number of nitrogens with one attached hydrogen (secondary N) is 2. The third-order valence-electron chi connectivity index (χ3n) is 5.05. The van der Waals surface area contributed by atoms with Crippen molar-refractivity contribution in [3.63, 3.8) is 0 Å². The average Bonchev–Trinajstić information content (AvgIpc) is 2.98. The van der Waals surface area contributed by atoms with Crippen molar-refractivity contribution >= 4 is 17.8 Å². The van der Waals surface area contributed by atoms with Crippen molar-refractivity contribution in [2.75, 3.05) is 13.1 Å². The molecule has 32 heavy (non-hydrogen) atoms. The third-order valence-corrected chi connectivity index (χ3v) is 5.05. The van der Waals surface area contributed by atoms with Crippen LogP contribution in [0.5, 0.6) is 5.75 Å². The van der Waals surface area contributed by atoms with E-state index < -0.39 is 36.5 Å². The summed E-state index contributed by atoms with van der Waals surface area (Å²) in [6.45, 7) is -1.58. The predicted octanol–water partition coefficient (Wildman–Crippen LogP) is 2.29. The maximum atomic E-state index is 12.9. The summed E-state index contributed by atoms with van der Waals surface area (Å²) in [5.74, 6) is -1.05. The summed E-state index contributed by atoms with van der Waals surface area (Å²) < 4.78 is 28.6. The number of halogens is 2. The molecule has 1 fully saturated rings. The highest BCUT2D eigenvalue weighted by molar-refractivity contribution is 6.09. The van der Waals surface area contributed by atoms with Crippen LogP contribution in [-0.4, -0.2) is 42.4 Å². The van der Waals surface area contributed by atoms with Gasteiger partial charge in [0.25, 0.3) is 5.91 Å². The minimum Gasteiger partial charge on any atom is -0.435 e. The molecule has 0 aliphatic carbocycles.